The third-order valence-electron chi connectivity index (χ3n) is 23.7. The molecule has 50 atom stereocenters. The van der Waals surface area contributed by atoms with Crippen molar-refractivity contribution in [1.29, 1.82) is 0 Å². The van der Waals surface area contributed by atoms with Crippen molar-refractivity contribution in [1.82, 2.24) is 26.6 Å². The number of aliphatic carboxylic acids is 1. The molecular formula is C73H121N5O52. The van der Waals surface area contributed by atoms with Gasteiger partial charge in [0, 0.05) is 41.0 Å². The number of carbonyl (C=O) groups excluding carboxylic acids is 5. The molecule has 0 saturated carbocycles. The van der Waals surface area contributed by atoms with E-state index >= 15 is 0 Å². The molecule has 10 aliphatic rings. The predicted molar refractivity (Wildman–Crippen MR) is 402 cm³/mol. The molecule has 0 bridgehead atoms. The minimum atomic E-state index is -3.31. The van der Waals surface area contributed by atoms with Crippen LogP contribution in [0.2, 0.25) is 0 Å². The van der Waals surface area contributed by atoms with Gasteiger partial charge in [-0.25, -0.2) is 4.79 Å². The zero-order valence-electron chi connectivity index (χ0n) is 70.3. The standard InChI is InChI=1S/C73H121N5O52/c1-18-39(93)50(104)53(107)67(115-18)113-17-34-58(40(94)24(15-112-34)74-19(2)86)123-65-37(77-22(5)89)48(102)56(31(13-84)120-65)124-68-54(108)60(126-71-63(52(106)44(98)29(11-82)119-71)128-64-36(76-21(4)88)47(101)42(96)27(9-80)116-64)46(100)33(122-68)16-114-70-62(51(105)43(97)28(10-81)118-70)127-66-38(78-23(6)90)49(103)57(32(14-85)121-66)125-69-55(109)61(45(99)30(12-83)117-69)130-73(72(110)111)7-25(91)35(75-20(3)87)59(129-73)41(95)26(92)8-79/h18,24-71,79-85,91-109H,7-17H2,1-6H3,(H,74,86)(H,75,87)(H,76,88)(H,77,89)(H,78,90)(H,110,111)/t18-,24-,25-,26+,27+,28+,29-,30+,31+,32+,33+,34+,35+,36+,37+,38+,39+,40+,41+,42+,43+,44+,45-,46+,47+,48+,49+,50+,51-,52-,53-,54-,55+,56+,57+,58+,59+,60-,61-,62-,63-,64-,65-,66-,67-,68-,69-,70-,71+,73-/m0/s1. The Labute approximate surface area is 736 Å². The Bertz CT molecular complexity index is 3630. The van der Waals surface area contributed by atoms with E-state index in [1.54, 1.807) is 0 Å². The van der Waals surface area contributed by atoms with E-state index in [1.807, 2.05) is 0 Å². The maximum Gasteiger partial charge on any atom is 0.364 e. The van der Waals surface area contributed by atoms with Gasteiger partial charge in [0.05, 0.1) is 90.4 Å². The number of ether oxygens (including phenoxy) is 19. The number of rotatable bonds is 35. The van der Waals surface area contributed by atoms with Gasteiger partial charge in [-0.2, -0.15) is 0 Å². The molecule has 0 unspecified atom stereocenters. The maximum atomic E-state index is 13.3. The minimum Gasteiger partial charge on any atom is -0.477 e. The number of hydrogen-bond acceptors (Lipinski definition) is 51. The number of nitrogens with one attached hydrogen (secondary N) is 5. The molecule has 0 aromatic heterocycles. The highest BCUT2D eigenvalue weighted by Crippen LogP contribution is 2.43. The summed E-state index contributed by atoms with van der Waals surface area (Å²) in [5, 5.41) is 315. The molecular weight excluding hydrogens is 1780 g/mol. The van der Waals surface area contributed by atoms with Crippen LogP contribution in [0, 0.1) is 0 Å². The van der Waals surface area contributed by atoms with Gasteiger partial charge >= 0.3 is 5.97 Å². The van der Waals surface area contributed by atoms with E-state index in [0.717, 1.165) is 34.6 Å². The summed E-state index contributed by atoms with van der Waals surface area (Å²) in [4.78, 5) is 77.0. The normalized spacial score (nSPS) is 47.2. The van der Waals surface area contributed by atoms with E-state index in [9.17, 15) is 167 Å². The summed E-state index contributed by atoms with van der Waals surface area (Å²) >= 11 is 0. The largest absolute Gasteiger partial charge is 0.477 e. The smallest absolute Gasteiger partial charge is 0.364 e. The van der Waals surface area contributed by atoms with Crippen LogP contribution in [-0.4, -0.2) is 546 Å². The molecule has 10 fully saturated rings. The summed E-state index contributed by atoms with van der Waals surface area (Å²) < 4.78 is 114. The van der Waals surface area contributed by atoms with Crippen LogP contribution < -0.4 is 26.6 Å². The van der Waals surface area contributed by atoms with Crippen molar-refractivity contribution in [2.75, 3.05) is 66.1 Å². The van der Waals surface area contributed by atoms with Gasteiger partial charge < -0.3 is 254 Å². The van der Waals surface area contributed by atoms with E-state index in [4.69, 9.17) is 90.0 Å². The average molecular weight is 1900 g/mol. The molecule has 0 radical (unpaired) electrons. The number of carboxylic acid groups (broad SMARTS) is 1. The van der Waals surface area contributed by atoms with Crippen LogP contribution in [0.25, 0.3) is 0 Å². The van der Waals surface area contributed by atoms with Gasteiger partial charge in [-0.3, -0.25) is 24.0 Å². The zero-order chi connectivity index (χ0) is 96.0. The van der Waals surface area contributed by atoms with Crippen LogP contribution in [0.1, 0.15) is 48.0 Å². The van der Waals surface area contributed by atoms with Gasteiger partial charge in [0.15, 0.2) is 50.3 Å². The topological polar surface area (TPSA) is 884 Å². The second-order valence-corrected chi connectivity index (χ2v) is 33.0. The first-order valence-corrected chi connectivity index (χ1v) is 41.5. The van der Waals surface area contributed by atoms with E-state index in [2.05, 4.69) is 26.6 Å². The number of aliphatic hydroxyl groups is 26. The summed E-state index contributed by atoms with van der Waals surface area (Å²) in [5.74, 6) is -9.94. The third kappa shape index (κ3) is 23.9. The van der Waals surface area contributed by atoms with Crippen LogP contribution in [0.3, 0.4) is 0 Å². The lowest BCUT2D eigenvalue weighted by atomic mass is 9.88. The highest BCUT2D eigenvalue weighted by atomic mass is 16.8. The lowest BCUT2D eigenvalue weighted by molar-refractivity contribution is -0.397. The molecule has 0 aromatic rings. The Kier molecular flexibility index (Phi) is 38.3. The number of amides is 5. The van der Waals surface area contributed by atoms with Gasteiger partial charge in [-0.1, -0.05) is 0 Å². The Morgan fingerprint density at radius 2 is 0.715 bits per heavy atom. The lowest BCUT2D eigenvalue weighted by Gasteiger charge is -2.51. The molecule has 10 rings (SSSR count). The van der Waals surface area contributed by atoms with Crippen LogP contribution in [-0.2, 0) is 119 Å². The van der Waals surface area contributed by atoms with Crippen molar-refractivity contribution in [2.45, 2.75) is 354 Å². The fourth-order valence-corrected chi connectivity index (χ4v) is 16.8. The number of hydrogen-bond donors (Lipinski definition) is 32. The van der Waals surface area contributed by atoms with Gasteiger partial charge in [0.2, 0.25) is 29.5 Å². The maximum absolute atomic E-state index is 13.3. The monoisotopic (exact) mass is 1900 g/mol. The van der Waals surface area contributed by atoms with Gasteiger partial charge in [0.25, 0.3) is 5.79 Å². The Hall–Kier alpha value is -4.98. The Balaban J connectivity index is 0.959. The molecule has 0 aromatic carbocycles. The van der Waals surface area contributed by atoms with E-state index < -0.39 is 414 Å². The van der Waals surface area contributed by atoms with Crippen LogP contribution in [0.15, 0.2) is 0 Å². The summed E-state index contributed by atoms with van der Waals surface area (Å²) in [6, 6.07) is -8.93. The minimum absolute atomic E-state index is 0.455. The molecule has 750 valence electrons. The molecule has 32 N–H and O–H groups in total. The van der Waals surface area contributed by atoms with Gasteiger partial charge in [0.1, 0.15) is 226 Å². The summed E-state index contributed by atoms with van der Waals surface area (Å²) in [7, 11) is 0. The van der Waals surface area contributed by atoms with E-state index in [1.165, 1.54) is 6.92 Å². The molecule has 10 aliphatic heterocycles. The first-order chi connectivity index (χ1) is 61.3. The van der Waals surface area contributed by atoms with Crippen molar-refractivity contribution in [3.05, 3.63) is 0 Å². The molecule has 57 nitrogen and oxygen atoms in total. The number of aliphatic hydroxyl groups excluding tert-OH is 26. The molecule has 10 saturated heterocycles. The third-order valence-corrected chi connectivity index (χ3v) is 23.7. The van der Waals surface area contributed by atoms with Crippen molar-refractivity contribution in [3.8, 4) is 0 Å². The molecule has 57 heteroatoms. The molecule has 0 spiro atoms. The number of carboxylic acids is 1. The van der Waals surface area contributed by atoms with Crippen molar-refractivity contribution < 1.29 is 257 Å². The predicted octanol–water partition coefficient (Wildman–Crippen LogP) is -21.2. The quantitative estimate of drug-likeness (QED) is 0.0280. The van der Waals surface area contributed by atoms with E-state index in [-0.39, 0.29) is 0 Å². The van der Waals surface area contributed by atoms with Crippen LogP contribution in [0.4, 0.5) is 0 Å². The van der Waals surface area contributed by atoms with Crippen molar-refractivity contribution in [3.63, 3.8) is 0 Å². The van der Waals surface area contributed by atoms with Crippen LogP contribution in [0.5, 0.6) is 0 Å². The molecule has 0 aliphatic carbocycles. The fraction of sp³-hybridized carbons (Fsp3) is 0.918. The number of carbonyl (C=O) groups is 6. The second-order valence-electron chi connectivity index (χ2n) is 33.0. The van der Waals surface area contributed by atoms with Crippen molar-refractivity contribution >= 4 is 35.5 Å². The summed E-state index contributed by atoms with van der Waals surface area (Å²) in [6.07, 6.45) is -94.5. The molecule has 130 heavy (non-hydrogen) atoms. The fourth-order valence-electron chi connectivity index (χ4n) is 16.8. The van der Waals surface area contributed by atoms with Crippen LogP contribution >= 0.6 is 0 Å². The second kappa shape index (κ2) is 46.4. The zero-order valence-corrected chi connectivity index (χ0v) is 70.3. The lowest BCUT2D eigenvalue weighted by Crippen LogP contribution is -2.71. The first kappa shape index (κ1) is 107. The Morgan fingerprint density at radius 1 is 0.346 bits per heavy atom. The Morgan fingerprint density at radius 3 is 1.19 bits per heavy atom. The summed E-state index contributed by atoms with van der Waals surface area (Å²) in [5.41, 5.74) is 0. The first-order valence-electron chi connectivity index (χ1n) is 41.5. The molecule has 5 amide bonds. The van der Waals surface area contributed by atoms with Crippen molar-refractivity contribution in [2.24, 2.45) is 0 Å². The SMILES string of the molecule is CC(=O)N[C@H]1[C@H](O[C@H]2[C@H](O)[C@@H](NC(C)=O)CO[C@@H]2CO[C@H]2O[C@@H](C)[C@@H](O)[C@@H](O)[C@@H]2O)O[C@H](CO)[C@@H](O[C@@H]2O[C@H](CO[C@H]3O[C@H](CO)[C@@H](O)[C@H](O)[C@@H]3O[C@@H]3O[C@H](CO)[C@@H](O[C@@H]4O[C@H](CO)[C@H](O)[C@H](O[C@]5(C(=O)O)C[C@H](O)[C@@H](NC(C)=O)[C@H]([C@H](O)[C@H](O)CO)O5)[C@H]4O)[C@H](O)[C@H]3NC(C)=O)[C@@H](O)[C@H](O[C@H]3O[C@@H](CO)[C@@H](O)[C@H](O)[C@@H]3O[C@@H]3O[C@H](CO)[C@@H](O)[C@H](O)[C@H]3NC(C)=O)[C@@H]2O)[C@@H]1O. The van der Waals surface area contributed by atoms with Gasteiger partial charge in [-0.15, -0.1) is 0 Å². The van der Waals surface area contributed by atoms with Gasteiger partial charge in [-0.05, 0) is 6.92 Å². The highest BCUT2D eigenvalue weighted by Gasteiger charge is 2.64. The van der Waals surface area contributed by atoms with E-state index in [0.29, 0.717) is 0 Å². The summed E-state index contributed by atoms with van der Waals surface area (Å²) in [6.45, 7) is -4.60. The average Bonchev–Trinajstić information content (AvgIpc) is 0.752. The highest BCUT2D eigenvalue weighted by molar-refractivity contribution is 5.77. The molecule has 10 heterocycles.